The van der Waals surface area contributed by atoms with Crippen molar-refractivity contribution in [2.75, 3.05) is 29.9 Å². The summed E-state index contributed by atoms with van der Waals surface area (Å²) in [6.07, 6.45) is 2.46. The Morgan fingerprint density at radius 1 is 1.12 bits per heavy atom. The van der Waals surface area contributed by atoms with Gasteiger partial charge in [-0.25, -0.2) is 0 Å². The fourth-order valence-corrected chi connectivity index (χ4v) is 2.65. The Kier molecular flexibility index (Phi) is 5.86. The fourth-order valence-electron chi connectivity index (χ4n) is 2.65. The van der Waals surface area contributed by atoms with Crippen molar-refractivity contribution in [3.63, 3.8) is 0 Å². The quantitative estimate of drug-likeness (QED) is 0.891. The van der Waals surface area contributed by atoms with Crippen LogP contribution in [-0.2, 0) is 9.59 Å². The maximum absolute atomic E-state index is 11.9. The first-order valence-corrected chi connectivity index (χ1v) is 8.69. The van der Waals surface area contributed by atoms with Gasteiger partial charge in [-0.05, 0) is 43.0 Å². The van der Waals surface area contributed by atoms with Gasteiger partial charge in [0.1, 0.15) is 0 Å². The van der Waals surface area contributed by atoms with E-state index in [0.29, 0.717) is 0 Å². The molecule has 0 spiro atoms. The van der Waals surface area contributed by atoms with Gasteiger partial charge in [0.15, 0.2) is 0 Å². The van der Waals surface area contributed by atoms with Gasteiger partial charge in [0, 0.05) is 29.9 Å². The molecule has 0 atom stereocenters. The fraction of sp³-hybridized carbons (Fsp3) is 0.579. The van der Waals surface area contributed by atoms with Crippen LogP contribution in [0.4, 0.5) is 11.4 Å². The monoisotopic (exact) mass is 331 g/mol. The molecule has 5 nitrogen and oxygen atoms in total. The Balaban J connectivity index is 1.83. The molecule has 132 valence electrons. The zero-order chi connectivity index (χ0) is 17.7. The first-order chi connectivity index (χ1) is 11.3. The van der Waals surface area contributed by atoms with E-state index in [1.165, 1.54) is 18.5 Å². The lowest BCUT2D eigenvalue weighted by atomic mass is 9.96. The van der Waals surface area contributed by atoms with Crippen LogP contribution in [0.5, 0.6) is 0 Å². The van der Waals surface area contributed by atoms with E-state index < -0.39 is 5.41 Å². The van der Waals surface area contributed by atoms with Gasteiger partial charge in [-0.1, -0.05) is 27.7 Å². The van der Waals surface area contributed by atoms with Crippen LogP contribution in [0.1, 0.15) is 40.5 Å². The topological polar surface area (TPSA) is 61.4 Å². The number of benzene rings is 1. The second-order valence-electron chi connectivity index (χ2n) is 7.70. The Hall–Kier alpha value is -2.04. The van der Waals surface area contributed by atoms with Crippen LogP contribution in [0.2, 0.25) is 0 Å². The van der Waals surface area contributed by atoms with E-state index in [1.54, 1.807) is 0 Å². The van der Waals surface area contributed by atoms with Crippen LogP contribution in [0.15, 0.2) is 24.3 Å². The highest BCUT2D eigenvalue weighted by Gasteiger charge is 2.21. The number of anilines is 2. The predicted molar refractivity (Wildman–Crippen MR) is 98.1 cm³/mol. The van der Waals surface area contributed by atoms with Crippen LogP contribution in [-0.4, -0.2) is 31.4 Å². The molecule has 0 aromatic heterocycles. The standard InChI is InChI=1S/C19H29N3O2/c1-14-9-11-22(12-10-14)16-7-5-15(6-8-16)21-17(23)13-20-18(24)19(2,3)4/h5-8,14H,9-13H2,1-4H3,(H,20,24)(H,21,23). The third kappa shape index (κ3) is 5.25. The van der Waals surface area contributed by atoms with Gasteiger partial charge in [-0.15, -0.1) is 0 Å². The minimum absolute atomic E-state index is 0.0120. The van der Waals surface area contributed by atoms with E-state index in [1.807, 2.05) is 45.0 Å². The van der Waals surface area contributed by atoms with Crippen molar-refractivity contribution in [2.45, 2.75) is 40.5 Å². The number of hydrogen-bond acceptors (Lipinski definition) is 3. The van der Waals surface area contributed by atoms with Gasteiger partial charge in [0.25, 0.3) is 0 Å². The van der Waals surface area contributed by atoms with Gasteiger partial charge in [0.2, 0.25) is 11.8 Å². The molecular formula is C19H29N3O2. The van der Waals surface area contributed by atoms with E-state index in [9.17, 15) is 9.59 Å². The normalized spacial score (nSPS) is 15.9. The molecule has 0 saturated carbocycles. The number of nitrogens with one attached hydrogen (secondary N) is 2. The summed E-state index contributed by atoms with van der Waals surface area (Å²) in [6, 6.07) is 7.91. The van der Waals surface area contributed by atoms with Crippen molar-refractivity contribution in [1.29, 1.82) is 0 Å². The summed E-state index contributed by atoms with van der Waals surface area (Å²) in [5.41, 5.74) is 1.45. The molecule has 1 aliphatic rings. The van der Waals surface area contributed by atoms with Gasteiger partial charge < -0.3 is 15.5 Å². The molecule has 1 aromatic rings. The van der Waals surface area contributed by atoms with Gasteiger partial charge in [0.05, 0.1) is 6.54 Å². The number of carbonyl (C=O) groups is 2. The molecule has 1 heterocycles. The predicted octanol–water partition coefficient (Wildman–Crippen LogP) is 3.02. The van der Waals surface area contributed by atoms with Crippen molar-refractivity contribution >= 4 is 23.2 Å². The molecule has 0 bridgehead atoms. The molecule has 0 radical (unpaired) electrons. The van der Waals surface area contributed by atoms with Crippen LogP contribution in [0.3, 0.4) is 0 Å². The minimum Gasteiger partial charge on any atom is -0.372 e. The highest BCUT2D eigenvalue weighted by atomic mass is 16.2. The molecule has 5 heteroatoms. The molecule has 1 aromatic carbocycles. The zero-order valence-electron chi connectivity index (χ0n) is 15.2. The minimum atomic E-state index is -0.492. The second-order valence-corrected chi connectivity index (χ2v) is 7.70. The van der Waals surface area contributed by atoms with Crippen LogP contribution in [0.25, 0.3) is 0 Å². The molecule has 2 N–H and O–H groups in total. The third-order valence-electron chi connectivity index (χ3n) is 4.39. The second kappa shape index (κ2) is 7.69. The molecule has 1 saturated heterocycles. The summed E-state index contributed by atoms with van der Waals surface area (Å²) >= 11 is 0. The van der Waals surface area contributed by atoms with E-state index in [0.717, 1.165) is 24.7 Å². The van der Waals surface area contributed by atoms with E-state index in [2.05, 4.69) is 22.5 Å². The highest BCUT2D eigenvalue weighted by Crippen LogP contribution is 2.24. The number of piperidine rings is 1. The Labute approximate surface area is 144 Å². The molecule has 24 heavy (non-hydrogen) atoms. The maximum Gasteiger partial charge on any atom is 0.243 e. The molecule has 0 unspecified atom stereocenters. The number of rotatable bonds is 4. The van der Waals surface area contributed by atoms with E-state index >= 15 is 0 Å². The zero-order valence-corrected chi connectivity index (χ0v) is 15.2. The lowest BCUT2D eigenvalue weighted by molar-refractivity contribution is -0.130. The number of amides is 2. The molecule has 0 aliphatic carbocycles. The first-order valence-electron chi connectivity index (χ1n) is 8.69. The Morgan fingerprint density at radius 3 is 2.25 bits per heavy atom. The average Bonchev–Trinajstić information content (AvgIpc) is 2.53. The summed E-state index contributed by atoms with van der Waals surface area (Å²) in [7, 11) is 0. The molecule has 2 amide bonds. The SMILES string of the molecule is CC1CCN(c2ccc(NC(=O)CNC(=O)C(C)(C)C)cc2)CC1. The Morgan fingerprint density at radius 2 is 1.71 bits per heavy atom. The third-order valence-corrected chi connectivity index (χ3v) is 4.39. The first kappa shape index (κ1) is 18.3. The van der Waals surface area contributed by atoms with Crippen molar-refractivity contribution in [1.82, 2.24) is 5.32 Å². The summed E-state index contributed by atoms with van der Waals surface area (Å²) in [6.45, 7) is 9.93. The molecule has 1 fully saturated rings. The lowest BCUT2D eigenvalue weighted by Crippen LogP contribution is -2.39. The van der Waals surface area contributed by atoms with Crippen LogP contribution in [0, 0.1) is 11.3 Å². The van der Waals surface area contributed by atoms with Crippen LogP contribution < -0.4 is 15.5 Å². The van der Waals surface area contributed by atoms with Crippen LogP contribution >= 0.6 is 0 Å². The maximum atomic E-state index is 11.9. The van der Waals surface area contributed by atoms with Gasteiger partial charge in [-0.3, -0.25) is 9.59 Å². The molecule has 1 aliphatic heterocycles. The number of nitrogens with zero attached hydrogens (tertiary/aromatic N) is 1. The van der Waals surface area contributed by atoms with E-state index in [4.69, 9.17) is 0 Å². The van der Waals surface area contributed by atoms with Crippen molar-refractivity contribution in [2.24, 2.45) is 11.3 Å². The van der Waals surface area contributed by atoms with E-state index in [-0.39, 0.29) is 18.4 Å². The molecular weight excluding hydrogens is 302 g/mol. The van der Waals surface area contributed by atoms with Gasteiger partial charge in [-0.2, -0.15) is 0 Å². The van der Waals surface area contributed by atoms with Crippen molar-refractivity contribution in [3.8, 4) is 0 Å². The lowest BCUT2D eigenvalue weighted by Gasteiger charge is -2.32. The smallest absolute Gasteiger partial charge is 0.243 e. The summed E-state index contributed by atoms with van der Waals surface area (Å²) < 4.78 is 0. The Bertz CT molecular complexity index is 567. The van der Waals surface area contributed by atoms with Crippen molar-refractivity contribution < 1.29 is 9.59 Å². The van der Waals surface area contributed by atoms with Gasteiger partial charge >= 0.3 is 0 Å². The largest absolute Gasteiger partial charge is 0.372 e. The summed E-state index contributed by atoms with van der Waals surface area (Å²) in [5.74, 6) is 0.461. The summed E-state index contributed by atoms with van der Waals surface area (Å²) in [4.78, 5) is 26.1. The highest BCUT2D eigenvalue weighted by molar-refractivity contribution is 5.95. The molecule has 2 rings (SSSR count). The summed E-state index contributed by atoms with van der Waals surface area (Å²) in [5, 5.41) is 5.46. The average molecular weight is 331 g/mol. The van der Waals surface area contributed by atoms with Crippen molar-refractivity contribution in [3.05, 3.63) is 24.3 Å². The number of carbonyl (C=O) groups excluding carboxylic acids is 2. The number of hydrogen-bond donors (Lipinski definition) is 2.